The Labute approximate surface area is 135 Å². The zero-order valence-corrected chi connectivity index (χ0v) is 12.7. The number of hydrogen-bond donors (Lipinski definition) is 1. The van der Waals surface area contributed by atoms with Crippen LogP contribution in [-0.4, -0.2) is 25.0 Å². The molecule has 5 nitrogen and oxygen atoms in total. The molecule has 0 saturated heterocycles. The number of aromatic amines is 1. The summed E-state index contributed by atoms with van der Waals surface area (Å²) < 4.78 is 1.79. The van der Waals surface area contributed by atoms with Gasteiger partial charge in [-0.2, -0.15) is 5.10 Å². The number of nitrogens with one attached hydrogen (secondary N) is 1. The largest absolute Gasteiger partial charge is 0.276 e. The molecule has 0 fully saturated rings. The molecule has 7 heteroatoms. The Morgan fingerprint density at radius 3 is 2.77 bits per heavy atom. The van der Waals surface area contributed by atoms with Crippen molar-refractivity contribution in [1.29, 1.82) is 0 Å². The maximum atomic E-state index is 6.29. The van der Waals surface area contributed by atoms with Crippen LogP contribution < -0.4 is 0 Å². The van der Waals surface area contributed by atoms with Crippen molar-refractivity contribution in [1.82, 2.24) is 25.0 Å². The second-order valence-electron chi connectivity index (χ2n) is 4.72. The van der Waals surface area contributed by atoms with Crippen LogP contribution in [-0.2, 0) is 0 Å². The van der Waals surface area contributed by atoms with E-state index in [0.717, 1.165) is 10.9 Å². The molecule has 108 valence electrons. The number of hydrogen-bond acceptors (Lipinski definition) is 3. The highest BCUT2D eigenvalue weighted by molar-refractivity contribution is 6.43. The first-order valence-electron chi connectivity index (χ1n) is 6.53. The van der Waals surface area contributed by atoms with E-state index in [-0.39, 0.29) is 0 Å². The zero-order valence-electron chi connectivity index (χ0n) is 11.2. The van der Waals surface area contributed by atoms with Gasteiger partial charge in [-0.1, -0.05) is 41.4 Å². The number of benzene rings is 2. The molecule has 0 aliphatic carbocycles. The molecule has 1 N–H and O–H groups in total. The van der Waals surface area contributed by atoms with Gasteiger partial charge in [0.25, 0.3) is 0 Å². The number of aromatic nitrogens is 5. The Bertz CT molecular complexity index is 973. The van der Waals surface area contributed by atoms with Gasteiger partial charge < -0.3 is 0 Å². The Morgan fingerprint density at radius 1 is 1.00 bits per heavy atom. The number of fused-ring (bicyclic) bond motifs is 1. The fraction of sp³-hybridized carbons (Fsp3) is 0. The first-order valence-corrected chi connectivity index (χ1v) is 7.29. The van der Waals surface area contributed by atoms with Gasteiger partial charge in [0.2, 0.25) is 0 Å². The summed E-state index contributed by atoms with van der Waals surface area (Å²) in [6.45, 7) is 0. The molecule has 0 amide bonds. The highest BCUT2D eigenvalue weighted by atomic mass is 35.5. The van der Waals surface area contributed by atoms with Crippen LogP contribution in [0.2, 0.25) is 10.0 Å². The summed E-state index contributed by atoms with van der Waals surface area (Å²) in [4.78, 5) is 0. The van der Waals surface area contributed by atoms with Crippen molar-refractivity contribution in [2.45, 2.75) is 0 Å². The van der Waals surface area contributed by atoms with Crippen LogP contribution in [0, 0.1) is 0 Å². The van der Waals surface area contributed by atoms with Gasteiger partial charge in [0.15, 0.2) is 11.6 Å². The lowest BCUT2D eigenvalue weighted by Gasteiger charge is -2.06. The van der Waals surface area contributed by atoms with Crippen LogP contribution in [0.4, 0.5) is 0 Å². The van der Waals surface area contributed by atoms with E-state index in [1.165, 1.54) is 0 Å². The minimum Gasteiger partial charge on any atom is -0.276 e. The SMILES string of the molecule is Clc1cccc(-c2nncn2-c2n[nH]c3ccccc23)c1Cl. The minimum absolute atomic E-state index is 0.443. The third kappa shape index (κ3) is 1.98. The van der Waals surface area contributed by atoms with Crippen molar-refractivity contribution in [3.63, 3.8) is 0 Å². The molecule has 0 aliphatic heterocycles. The third-order valence-corrected chi connectivity index (χ3v) is 4.24. The molecule has 0 unspecified atom stereocenters. The standard InChI is InChI=1S/C15H9Cl2N5/c16-11-6-3-5-10(13(11)17)15-20-18-8-22(15)14-9-4-1-2-7-12(9)19-21-14/h1-8H,(H,19,21). The van der Waals surface area contributed by atoms with Gasteiger partial charge in [0.1, 0.15) is 6.33 Å². The highest BCUT2D eigenvalue weighted by Crippen LogP contribution is 2.33. The highest BCUT2D eigenvalue weighted by Gasteiger charge is 2.17. The summed E-state index contributed by atoms with van der Waals surface area (Å²) in [6.07, 6.45) is 1.61. The molecule has 4 aromatic rings. The second kappa shape index (κ2) is 5.12. The Balaban J connectivity index is 1.96. The van der Waals surface area contributed by atoms with Crippen LogP contribution in [0.3, 0.4) is 0 Å². The molecule has 0 spiro atoms. The van der Waals surface area contributed by atoms with Crippen molar-refractivity contribution in [2.75, 3.05) is 0 Å². The number of nitrogens with zero attached hydrogens (tertiary/aromatic N) is 4. The third-order valence-electron chi connectivity index (χ3n) is 3.42. The van der Waals surface area contributed by atoms with Crippen molar-refractivity contribution in [3.8, 4) is 17.2 Å². The van der Waals surface area contributed by atoms with E-state index in [1.54, 1.807) is 17.0 Å². The number of halogens is 2. The van der Waals surface area contributed by atoms with Gasteiger partial charge in [-0.25, -0.2) is 0 Å². The predicted molar refractivity (Wildman–Crippen MR) is 86.5 cm³/mol. The Hall–Kier alpha value is -2.37. The number of rotatable bonds is 2. The van der Waals surface area contributed by atoms with Gasteiger partial charge in [-0.15, -0.1) is 10.2 Å². The van der Waals surface area contributed by atoms with Crippen molar-refractivity contribution < 1.29 is 0 Å². The van der Waals surface area contributed by atoms with E-state index in [4.69, 9.17) is 23.2 Å². The quantitative estimate of drug-likeness (QED) is 0.601. The maximum absolute atomic E-state index is 6.29. The molecule has 22 heavy (non-hydrogen) atoms. The summed E-state index contributed by atoms with van der Waals surface area (Å²) in [7, 11) is 0. The summed E-state index contributed by atoms with van der Waals surface area (Å²) in [6, 6.07) is 13.3. The van der Waals surface area contributed by atoms with Gasteiger partial charge in [0.05, 0.1) is 15.6 Å². The lowest BCUT2D eigenvalue weighted by Crippen LogP contribution is -1.98. The average molecular weight is 330 g/mol. The zero-order chi connectivity index (χ0) is 15.1. The number of H-pyrrole nitrogens is 1. The molecule has 0 aliphatic rings. The van der Waals surface area contributed by atoms with Crippen molar-refractivity contribution in [2.24, 2.45) is 0 Å². The van der Waals surface area contributed by atoms with E-state index in [0.29, 0.717) is 27.3 Å². The summed E-state index contributed by atoms with van der Waals surface area (Å²) in [5.74, 6) is 1.30. The van der Waals surface area contributed by atoms with Gasteiger partial charge in [-0.05, 0) is 24.3 Å². The molecule has 2 heterocycles. The molecular weight excluding hydrogens is 321 g/mol. The molecule has 0 atom stereocenters. The topological polar surface area (TPSA) is 59.4 Å². The van der Waals surface area contributed by atoms with Gasteiger partial charge in [0, 0.05) is 10.9 Å². The fourth-order valence-electron chi connectivity index (χ4n) is 2.38. The summed E-state index contributed by atoms with van der Waals surface area (Å²) >= 11 is 12.4. The average Bonchev–Trinajstić information content (AvgIpc) is 3.16. The normalized spacial score (nSPS) is 11.2. The van der Waals surface area contributed by atoms with Crippen LogP contribution in [0.15, 0.2) is 48.8 Å². The maximum Gasteiger partial charge on any atom is 0.171 e. The van der Waals surface area contributed by atoms with Crippen LogP contribution in [0.1, 0.15) is 0 Å². The summed E-state index contributed by atoms with van der Waals surface area (Å²) in [5.41, 5.74) is 1.65. The summed E-state index contributed by atoms with van der Waals surface area (Å²) in [5, 5.41) is 17.4. The van der Waals surface area contributed by atoms with Crippen LogP contribution in [0.25, 0.3) is 28.1 Å². The van der Waals surface area contributed by atoms with Crippen molar-refractivity contribution >= 4 is 34.1 Å². The molecule has 0 radical (unpaired) electrons. The number of para-hydroxylation sites is 1. The minimum atomic E-state index is 0.443. The molecule has 0 saturated carbocycles. The smallest absolute Gasteiger partial charge is 0.171 e. The monoisotopic (exact) mass is 329 g/mol. The first kappa shape index (κ1) is 13.3. The van der Waals surface area contributed by atoms with E-state index in [2.05, 4.69) is 20.4 Å². The van der Waals surface area contributed by atoms with E-state index < -0.39 is 0 Å². The van der Waals surface area contributed by atoms with Crippen molar-refractivity contribution in [3.05, 3.63) is 58.8 Å². The predicted octanol–water partition coefficient (Wildman–Crippen LogP) is 4.12. The molecule has 4 rings (SSSR count). The first-order chi connectivity index (χ1) is 10.8. The van der Waals surface area contributed by atoms with E-state index in [9.17, 15) is 0 Å². The van der Waals surface area contributed by atoms with Crippen LogP contribution >= 0.6 is 23.2 Å². The fourth-order valence-corrected chi connectivity index (χ4v) is 2.77. The van der Waals surface area contributed by atoms with E-state index >= 15 is 0 Å². The molecular formula is C15H9Cl2N5. The lowest BCUT2D eigenvalue weighted by molar-refractivity contribution is 0.970. The Kier molecular flexibility index (Phi) is 3.10. The van der Waals surface area contributed by atoms with E-state index in [1.807, 2.05) is 36.4 Å². The molecule has 0 bridgehead atoms. The molecule has 2 aromatic heterocycles. The van der Waals surface area contributed by atoms with Gasteiger partial charge in [-0.3, -0.25) is 9.67 Å². The van der Waals surface area contributed by atoms with Crippen LogP contribution in [0.5, 0.6) is 0 Å². The van der Waals surface area contributed by atoms with Gasteiger partial charge >= 0.3 is 0 Å². The Morgan fingerprint density at radius 2 is 1.86 bits per heavy atom. The second-order valence-corrected chi connectivity index (χ2v) is 5.50. The lowest BCUT2D eigenvalue weighted by atomic mass is 10.2. The molecule has 2 aromatic carbocycles.